The highest BCUT2D eigenvalue weighted by Gasteiger charge is 2.14. The van der Waals surface area contributed by atoms with E-state index in [-0.39, 0.29) is 0 Å². The first-order valence-electron chi connectivity index (χ1n) is 8.26. The van der Waals surface area contributed by atoms with Gasteiger partial charge in [-0.3, -0.25) is 0 Å². The van der Waals surface area contributed by atoms with Gasteiger partial charge in [-0.25, -0.2) is 4.68 Å². The molecular weight excluding hydrogens is 390 g/mol. The summed E-state index contributed by atoms with van der Waals surface area (Å²) in [4.78, 5) is 0. The van der Waals surface area contributed by atoms with E-state index in [0.29, 0.717) is 28.7 Å². The summed E-state index contributed by atoms with van der Waals surface area (Å²) in [7, 11) is -1.11. The van der Waals surface area contributed by atoms with Gasteiger partial charge in [0, 0.05) is 25.6 Å². The molecule has 0 radical (unpaired) electrons. The lowest BCUT2D eigenvalue weighted by atomic mass is 10.1. The molecule has 0 aliphatic carbocycles. The number of hydrogen-bond donors (Lipinski definition) is 1. The van der Waals surface area contributed by atoms with E-state index in [1.54, 1.807) is 10.9 Å². The van der Waals surface area contributed by atoms with Gasteiger partial charge in [0.2, 0.25) is 5.13 Å². The number of rotatable bonds is 8. The van der Waals surface area contributed by atoms with Crippen molar-refractivity contribution in [3.8, 4) is 5.19 Å². The highest BCUT2D eigenvalue weighted by atomic mass is 35.5. The lowest BCUT2D eigenvalue weighted by Crippen LogP contribution is -2.22. The van der Waals surface area contributed by atoms with E-state index in [1.165, 1.54) is 11.3 Å². The van der Waals surface area contributed by atoms with E-state index >= 15 is 0 Å². The van der Waals surface area contributed by atoms with Crippen molar-refractivity contribution >= 4 is 47.0 Å². The van der Waals surface area contributed by atoms with Gasteiger partial charge in [0.25, 0.3) is 5.19 Å². The molecule has 0 saturated heterocycles. The monoisotopic (exact) mass is 411 g/mol. The summed E-state index contributed by atoms with van der Waals surface area (Å²) in [5, 5.41) is 14.4. The van der Waals surface area contributed by atoms with Gasteiger partial charge in [0.1, 0.15) is 13.3 Å². The smallest absolute Gasteiger partial charge is 0.296 e. The van der Waals surface area contributed by atoms with Gasteiger partial charge in [0.15, 0.2) is 0 Å². The normalized spacial score (nSPS) is 12.0. The first-order valence-corrected chi connectivity index (χ1v) is 13.2. The SMILES string of the molecule is C[Si](C)(C)CCOCn1ncc2c(COc3nnc(N)s3)ccc(Cl)c21. The molecule has 0 atom stereocenters. The lowest BCUT2D eigenvalue weighted by molar-refractivity contribution is 0.0817. The zero-order valence-electron chi connectivity index (χ0n) is 15.0. The summed E-state index contributed by atoms with van der Waals surface area (Å²) >= 11 is 7.60. The molecule has 0 spiro atoms. The number of halogens is 1. The number of benzene rings is 1. The molecule has 0 bridgehead atoms. The quantitative estimate of drug-likeness (QED) is 0.445. The van der Waals surface area contributed by atoms with Gasteiger partial charge in [-0.15, -0.1) is 5.10 Å². The van der Waals surface area contributed by atoms with E-state index in [0.717, 1.165) is 29.1 Å². The molecule has 10 heteroatoms. The van der Waals surface area contributed by atoms with Crippen LogP contribution in [0.5, 0.6) is 5.19 Å². The maximum atomic E-state index is 6.39. The lowest BCUT2D eigenvalue weighted by Gasteiger charge is -2.15. The number of aromatic nitrogens is 4. The minimum absolute atomic E-state index is 0.338. The van der Waals surface area contributed by atoms with Gasteiger partial charge in [0.05, 0.1) is 16.7 Å². The van der Waals surface area contributed by atoms with E-state index in [9.17, 15) is 0 Å². The van der Waals surface area contributed by atoms with Crippen molar-refractivity contribution in [1.29, 1.82) is 0 Å². The first-order chi connectivity index (χ1) is 12.3. The number of hydrogen-bond acceptors (Lipinski definition) is 7. The summed E-state index contributed by atoms with van der Waals surface area (Å²) in [5.74, 6) is 0. The van der Waals surface area contributed by atoms with E-state index < -0.39 is 8.07 Å². The van der Waals surface area contributed by atoms with Crippen molar-refractivity contribution in [1.82, 2.24) is 20.0 Å². The summed E-state index contributed by atoms with van der Waals surface area (Å²) in [6.07, 6.45) is 1.79. The topological polar surface area (TPSA) is 88.1 Å². The van der Waals surface area contributed by atoms with Gasteiger partial charge in [-0.1, -0.05) is 42.4 Å². The zero-order valence-corrected chi connectivity index (χ0v) is 17.6. The second-order valence-corrected chi connectivity index (χ2v) is 14.2. The van der Waals surface area contributed by atoms with Crippen LogP contribution in [0.25, 0.3) is 10.9 Å². The molecular formula is C16H22ClN5O2SSi. The van der Waals surface area contributed by atoms with Gasteiger partial charge >= 0.3 is 0 Å². The molecule has 0 aliphatic rings. The molecule has 3 aromatic rings. The zero-order chi connectivity index (χ0) is 18.7. The summed E-state index contributed by atoms with van der Waals surface area (Å²) in [6.45, 7) is 8.43. The van der Waals surface area contributed by atoms with Crippen LogP contribution in [0.2, 0.25) is 30.7 Å². The van der Waals surface area contributed by atoms with Crippen molar-refractivity contribution < 1.29 is 9.47 Å². The van der Waals surface area contributed by atoms with Crippen LogP contribution in [0, 0.1) is 0 Å². The molecule has 0 unspecified atom stereocenters. The Morgan fingerprint density at radius 3 is 2.77 bits per heavy atom. The van der Waals surface area contributed by atoms with Crippen LogP contribution < -0.4 is 10.5 Å². The summed E-state index contributed by atoms with van der Waals surface area (Å²) < 4.78 is 13.3. The Morgan fingerprint density at radius 1 is 1.27 bits per heavy atom. The van der Waals surface area contributed by atoms with E-state index in [2.05, 4.69) is 34.9 Å². The second-order valence-electron chi connectivity index (χ2n) is 7.16. The van der Waals surface area contributed by atoms with Crippen LogP contribution >= 0.6 is 22.9 Å². The Labute approximate surface area is 162 Å². The number of nitrogens with two attached hydrogens (primary N) is 1. The first kappa shape index (κ1) is 19.1. The Morgan fingerprint density at radius 2 is 2.08 bits per heavy atom. The largest absolute Gasteiger partial charge is 0.464 e. The number of nitrogen functional groups attached to an aromatic ring is 1. The van der Waals surface area contributed by atoms with Crippen LogP contribution in [-0.4, -0.2) is 34.7 Å². The second kappa shape index (κ2) is 7.91. The van der Waals surface area contributed by atoms with Crippen LogP contribution in [0.15, 0.2) is 18.3 Å². The molecule has 0 fully saturated rings. The van der Waals surface area contributed by atoms with Gasteiger partial charge < -0.3 is 15.2 Å². The average Bonchev–Trinajstić information content (AvgIpc) is 3.17. The highest BCUT2D eigenvalue weighted by molar-refractivity contribution is 7.16. The molecule has 7 nitrogen and oxygen atoms in total. The van der Waals surface area contributed by atoms with E-state index in [4.69, 9.17) is 26.8 Å². The fraction of sp³-hybridized carbons (Fsp3) is 0.438. The Hall–Kier alpha value is -1.68. The van der Waals surface area contributed by atoms with Crippen LogP contribution in [-0.2, 0) is 18.1 Å². The molecule has 2 N–H and O–H groups in total. The fourth-order valence-electron chi connectivity index (χ4n) is 2.39. The maximum absolute atomic E-state index is 6.39. The fourth-order valence-corrected chi connectivity index (χ4v) is 3.87. The van der Waals surface area contributed by atoms with Crippen molar-refractivity contribution in [2.24, 2.45) is 0 Å². The summed E-state index contributed by atoms with van der Waals surface area (Å²) in [5.41, 5.74) is 7.38. The molecule has 2 aromatic heterocycles. The molecule has 2 heterocycles. The third-order valence-electron chi connectivity index (χ3n) is 3.83. The molecule has 1 aromatic carbocycles. The molecule has 0 amide bonds. The highest BCUT2D eigenvalue weighted by Crippen LogP contribution is 2.28. The maximum Gasteiger partial charge on any atom is 0.296 e. The van der Waals surface area contributed by atoms with Crippen molar-refractivity contribution in [3.05, 3.63) is 28.9 Å². The number of ether oxygens (including phenoxy) is 2. The minimum atomic E-state index is -1.11. The van der Waals surface area contributed by atoms with Crippen LogP contribution in [0.3, 0.4) is 0 Å². The Kier molecular flexibility index (Phi) is 5.81. The summed E-state index contributed by atoms with van der Waals surface area (Å²) in [6, 6.07) is 4.88. The van der Waals surface area contributed by atoms with Crippen molar-refractivity contribution in [2.75, 3.05) is 12.3 Å². The molecule has 140 valence electrons. The minimum Gasteiger partial charge on any atom is -0.464 e. The molecule has 3 rings (SSSR count). The number of anilines is 1. The van der Waals surface area contributed by atoms with E-state index in [1.807, 2.05) is 12.1 Å². The van der Waals surface area contributed by atoms with Crippen molar-refractivity contribution in [2.45, 2.75) is 39.0 Å². The average molecular weight is 412 g/mol. The number of fused-ring (bicyclic) bond motifs is 1. The third-order valence-corrected chi connectivity index (χ3v) is 6.50. The predicted molar refractivity (Wildman–Crippen MR) is 108 cm³/mol. The van der Waals surface area contributed by atoms with Gasteiger partial charge in [-0.05, 0) is 23.4 Å². The van der Waals surface area contributed by atoms with Crippen LogP contribution in [0.4, 0.5) is 5.13 Å². The van der Waals surface area contributed by atoms with Crippen LogP contribution in [0.1, 0.15) is 5.56 Å². The molecule has 0 saturated carbocycles. The number of nitrogens with zero attached hydrogens (tertiary/aromatic N) is 4. The standard InChI is InChI=1S/C16H22ClN5O2SSi/c1-26(2,3)7-6-23-10-22-14-12(8-19-22)11(4-5-13(14)17)9-24-16-21-20-15(18)25-16/h4-5,8H,6-7,9-10H2,1-3H3,(H2,18,20). The van der Waals surface area contributed by atoms with Gasteiger partial charge in [-0.2, -0.15) is 5.10 Å². The predicted octanol–water partition coefficient (Wildman–Crippen LogP) is 4.01. The Balaban J connectivity index is 1.71. The molecule has 26 heavy (non-hydrogen) atoms. The van der Waals surface area contributed by atoms with Crippen molar-refractivity contribution in [3.63, 3.8) is 0 Å². The Bertz CT molecular complexity index is 893. The third kappa shape index (κ3) is 4.73. The molecule has 0 aliphatic heterocycles.